The van der Waals surface area contributed by atoms with Crippen molar-refractivity contribution in [2.75, 3.05) is 37.8 Å². The summed E-state index contributed by atoms with van der Waals surface area (Å²) in [7, 11) is 0. The van der Waals surface area contributed by atoms with E-state index in [9.17, 15) is 5.21 Å². The molecule has 34 heavy (non-hydrogen) atoms. The number of ether oxygens (including phenoxy) is 2. The molecule has 8 nitrogen and oxygen atoms in total. The monoisotopic (exact) mass is 459 g/mol. The van der Waals surface area contributed by atoms with Gasteiger partial charge in [0, 0.05) is 42.1 Å². The number of aromatic nitrogens is 3. The van der Waals surface area contributed by atoms with Gasteiger partial charge in [0.2, 0.25) is 0 Å². The Morgan fingerprint density at radius 2 is 2.00 bits per heavy atom. The zero-order chi connectivity index (χ0) is 23.3. The Morgan fingerprint density at radius 1 is 1.18 bits per heavy atom. The molecule has 2 N–H and O–H groups in total. The quantitative estimate of drug-likeness (QED) is 0.364. The van der Waals surface area contributed by atoms with Crippen LogP contribution in [0.2, 0.25) is 0 Å². The number of benzene rings is 2. The third-order valence-corrected chi connectivity index (χ3v) is 7.00. The van der Waals surface area contributed by atoms with E-state index in [-0.39, 0.29) is 11.5 Å². The highest BCUT2D eigenvalue weighted by molar-refractivity contribution is 5.89. The lowest BCUT2D eigenvalue weighted by Crippen LogP contribution is -2.44. The van der Waals surface area contributed by atoms with Gasteiger partial charge in [0.25, 0.3) is 5.82 Å². The smallest absolute Gasteiger partial charge is 0.291 e. The summed E-state index contributed by atoms with van der Waals surface area (Å²) in [5.74, 6) is 1.29. The summed E-state index contributed by atoms with van der Waals surface area (Å²) in [6, 6.07) is 15.9. The molecular formula is C26H29N5O3. The second-order valence-electron chi connectivity index (χ2n) is 9.88. The molecule has 4 heterocycles. The summed E-state index contributed by atoms with van der Waals surface area (Å²) < 4.78 is 14.2. The molecule has 8 heteroatoms. The Labute approximate surface area is 198 Å². The van der Waals surface area contributed by atoms with Crippen molar-refractivity contribution in [3.63, 3.8) is 0 Å². The summed E-state index contributed by atoms with van der Waals surface area (Å²) in [6.45, 7) is 5.92. The molecule has 176 valence electrons. The molecule has 0 unspecified atom stereocenters. The fourth-order valence-electron chi connectivity index (χ4n) is 4.88. The van der Waals surface area contributed by atoms with Gasteiger partial charge in [0.1, 0.15) is 11.3 Å². The van der Waals surface area contributed by atoms with E-state index in [0.717, 1.165) is 71.7 Å². The third-order valence-electron chi connectivity index (χ3n) is 7.00. The van der Waals surface area contributed by atoms with Crippen LogP contribution < -0.4 is 20.1 Å². The van der Waals surface area contributed by atoms with Crippen molar-refractivity contribution in [3.05, 3.63) is 60.1 Å². The van der Waals surface area contributed by atoms with Crippen LogP contribution in [0.25, 0.3) is 27.8 Å². The molecule has 2 saturated heterocycles. The number of nitrogens with two attached hydrogens (primary N) is 1. The van der Waals surface area contributed by atoms with Crippen LogP contribution in [0.5, 0.6) is 5.75 Å². The molecular weight excluding hydrogens is 430 g/mol. The Morgan fingerprint density at radius 3 is 2.76 bits per heavy atom. The van der Waals surface area contributed by atoms with E-state index in [1.165, 1.54) is 0 Å². The highest BCUT2D eigenvalue weighted by Crippen LogP contribution is 2.30. The minimum atomic E-state index is 0.0740. The molecule has 0 spiro atoms. The number of hydrogen-bond donors (Lipinski definition) is 1. The first-order chi connectivity index (χ1) is 16.5. The van der Waals surface area contributed by atoms with E-state index in [2.05, 4.69) is 16.8 Å². The highest BCUT2D eigenvalue weighted by Gasteiger charge is 2.34. The number of para-hydroxylation sites is 1. The molecule has 0 atom stereocenters. The van der Waals surface area contributed by atoms with E-state index in [1.807, 2.05) is 53.1 Å². The summed E-state index contributed by atoms with van der Waals surface area (Å²) >= 11 is 0. The predicted octanol–water partition coefficient (Wildman–Crippen LogP) is 3.15. The van der Waals surface area contributed by atoms with Gasteiger partial charge in [-0.1, -0.05) is 19.1 Å². The van der Waals surface area contributed by atoms with Gasteiger partial charge in [-0.25, -0.2) is 9.71 Å². The van der Waals surface area contributed by atoms with E-state index in [4.69, 9.17) is 15.2 Å². The lowest BCUT2D eigenvalue weighted by atomic mass is 9.90. The molecule has 0 aliphatic carbocycles. The Hall–Kier alpha value is -3.36. The number of piperidine rings is 1. The van der Waals surface area contributed by atoms with Crippen molar-refractivity contribution in [3.8, 4) is 11.6 Å². The van der Waals surface area contributed by atoms with Gasteiger partial charge in [0.05, 0.1) is 25.5 Å². The van der Waals surface area contributed by atoms with Crippen molar-refractivity contribution in [1.82, 2.24) is 9.55 Å². The van der Waals surface area contributed by atoms with Crippen LogP contribution in [0, 0.1) is 10.6 Å². The number of nitrogens with zero attached hydrogens (tertiary/aromatic N) is 4. The summed E-state index contributed by atoms with van der Waals surface area (Å²) in [5, 5.41) is 14.6. The number of imidazole rings is 1. The molecule has 2 aromatic heterocycles. The van der Waals surface area contributed by atoms with Gasteiger partial charge >= 0.3 is 0 Å². The molecule has 4 aromatic rings. The number of fused-ring (bicyclic) bond motifs is 2. The first-order valence-corrected chi connectivity index (χ1v) is 11.8. The minimum Gasteiger partial charge on any atom is -0.710 e. The fourth-order valence-corrected chi connectivity index (χ4v) is 4.88. The first kappa shape index (κ1) is 21.2. The molecule has 2 aliphatic rings. The topological polar surface area (TPSA) is 92.5 Å². The van der Waals surface area contributed by atoms with E-state index >= 15 is 0 Å². The maximum Gasteiger partial charge on any atom is 0.291 e. The van der Waals surface area contributed by atoms with Gasteiger partial charge < -0.3 is 25.3 Å². The lowest BCUT2D eigenvalue weighted by molar-refractivity contribution is -0.570. The standard InChI is InChI=1S/C26H29N5O3/c1-26(14-33-15-26)16-34-20-6-7-22-21(13-20)28-17-30(22)24-8-5-18-3-2-4-23(25(18)31(24)32)29-11-9-19(27)10-12-29/h2-8,13,17,19H,9-12,14-16,27H2,1H3. The van der Waals surface area contributed by atoms with Gasteiger partial charge in [0.15, 0.2) is 17.4 Å². The van der Waals surface area contributed by atoms with Crippen molar-refractivity contribution in [2.45, 2.75) is 25.8 Å². The average molecular weight is 460 g/mol. The van der Waals surface area contributed by atoms with Crippen LogP contribution in [0.4, 0.5) is 5.69 Å². The van der Waals surface area contributed by atoms with Gasteiger partial charge in [-0.05, 0) is 37.1 Å². The molecule has 2 fully saturated rings. The van der Waals surface area contributed by atoms with E-state index < -0.39 is 0 Å². The maximum atomic E-state index is 13.7. The normalized spacial score (nSPS) is 18.4. The van der Waals surface area contributed by atoms with Crippen LogP contribution in [-0.4, -0.2) is 48.5 Å². The second-order valence-corrected chi connectivity index (χ2v) is 9.88. The zero-order valence-electron chi connectivity index (χ0n) is 19.3. The van der Waals surface area contributed by atoms with Crippen LogP contribution in [-0.2, 0) is 4.74 Å². The van der Waals surface area contributed by atoms with Crippen LogP contribution in [0.3, 0.4) is 0 Å². The molecule has 0 amide bonds. The third kappa shape index (κ3) is 3.63. The Balaban J connectivity index is 1.36. The molecule has 2 aromatic carbocycles. The fraction of sp³-hybridized carbons (Fsp3) is 0.385. The number of anilines is 1. The van der Waals surface area contributed by atoms with Gasteiger partial charge in [-0.15, -0.1) is 0 Å². The molecule has 6 rings (SSSR count). The molecule has 2 aliphatic heterocycles. The Bertz CT molecular complexity index is 1360. The molecule has 0 saturated carbocycles. The number of hydrogen-bond acceptors (Lipinski definition) is 6. The molecule has 0 bridgehead atoms. The van der Waals surface area contributed by atoms with Gasteiger partial charge in [-0.3, -0.25) is 0 Å². The number of rotatable bonds is 5. The number of pyridine rings is 1. The SMILES string of the molecule is CC1(COc2ccc3c(c2)ncn3-c2ccc3cccc(N4CCC(N)CC4)c3[n+]2[O-])COC1. The Kier molecular flexibility index (Phi) is 5.08. The van der Waals surface area contributed by atoms with E-state index in [0.29, 0.717) is 17.9 Å². The van der Waals surface area contributed by atoms with Crippen molar-refractivity contribution >= 4 is 27.6 Å². The maximum absolute atomic E-state index is 13.7. The van der Waals surface area contributed by atoms with Crippen LogP contribution in [0.15, 0.2) is 54.9 Å². The zero-order valence-corrected chi connectivity index (χ0v) is 19.3. The van der Waals surface area contributed by atoms with Crippen molar-refractivity contribution in [2.24, 2.45) is 11.1 Å². The molecule has 0 radical (unpaired) electrons. The lowest BCUT2D eigenvalue weighted by Gasteiger charge is -2.37. The second kappa shape index (κ2) is 8.14. The average Bonchev–Trinajstić information content (AvgIpc) is 3.25. The first-order valence-electron chi connectivity index (χ1n) is 11.8. The minimum absolute atomic E-state index is 0.0740. The van der Waals surface area contributed by atoms with Gasteiger partial charge in [-0.2, -0.15) is 4.57 Å². The van der Waals surface area contributed by atoms with E-state index in [1.54, 1.807) is 6.33 Å². The summed E-state index contributed by atoms with van der Waals surface area (Å²) in [5.41, 5.74) is 9.44. The summed E-state index contributed by atoms with van der Waals surface area (Å²) in [6.07, 6.45) is 3.56. The van der Waals surface area contributed by atoms with Crippen LogP contribution in [0.1, 0.15) is 19.8 Å². The predicted molar refractivity (Wildman–Crippen MR) is 131 cm³/mol. The van der Waals surface area contributed by atoms with Crippen molar-refractivity contribution < 1.29 is 14.2 Å². The van der Waals surface area contributed by atoms with Crippen LogP contribution >= 0.6 is 0 Å². The summed E-state index contributed by atoms with van der Waals surface area (Å²) in [4.78, 5) is 6.83. The van der Waals surface area contributed by atoms with Crippen molar-refractivity contribution in [1.29, 1.82) is 0 Å². The highest BCUT2D eigenvalue weighted by atomic mass is 16.5. The largest absolute Gasteiger partial charge is 0.710 e.